The lowest BCUT2D eigenvalue weighted by Gasteiger charge is -2.16. The fraction of sp³-hybridized carbons (Fsp3) is 0.320. The molecule has 3 heterocycles. The van der Waals surface area contributed by atoms with Crippen LogP contribution in [0.2, 0.25) is 0 Å². The maximum absolute atomic E-state index is 13.0. The molecule has 0 aliphatic heterocycles. The van der Waals surface area contributed by atoms with E-state index in [2.05, 4.69) is 10.1 Å². The van der Waals surface area contributed by atoms with Crippen LogP contribution in [0.1, 0.15) is 29.6 Å². The Morgan fingerprint density at radius 3 is 2.67 bits per heavy atom. The number of aromatic nitrogens is 4. The van der Waals surface area contributed by atoms with Crippen LogP contribution in [0, 0.1) is 5.92 Å². The Bertz CT molecular complexity index is 1320. The molecule has 0 bridgehead atoms. The number of aliphatic hydroxyl groups is 1. The molecule has 1 aliphatic rings. The zero-order chi connectivity index (χ0) is 22.9. The summed E-state index contributed by atoms with van der Waals surface area (Å²) >= 11 is 0. The number of Topliss-reactive ketones (excluding diaryl/α,β-unsaturated/α-hetero) is 1. The lowest BCUT2D eigenvalue weighted by atomic mass is 10.00. The molecule has 4 aromatic rings. The number of methoxy groups -OCH3 is 1. The zero-order valence-electron chi connectivity index (χ0n) is 18.7. The summed E-state index contributed by atoms with van der Waals surface area (Å²) in [7, 11) is 3.44. The summed E-state index contributed by atoms with van der Waals surface area (Å²) in [5.41, 5.74) is 4.93. The van der Waals surface area contributed by atoms with E-state index in [1.54, 1.807) is 18.0 Å². The molecule has 1 fully saturated rings. The van der Waals surface area contributed by atoms with Gasteiger partial charge in [0.15, 0.2) is 5.78 Å². The van der Waals surface area contributed by atoms with Gasteiger partial charge in [-0.3, -0.25) is 13.9 Å². The third-order valence-corrected chi connectivity index (χ3v) is 5.93. The van der Waals surface area contributed by atoms with E-state index in [1.807, 2.05) is 54.3 Å². The number of rotatable bonds is 9. The number of ketones is 1. The van der Waals surface area contributed by atoms with Gasteiger partial charge in [0.05, 0.1) is 31.8 Å². The molecule has 170 valence electrons. The average Bonchev–Trinajstić information content (AvgIpc) is 3.36. The molecule has 0 amide bonds. The molecule has 5 rings (SSSR count). The SMILES string of the molecule is COc1cc(-c2cnc3cc(-c4cnn(C)c4)ccn23)cc(OCCO)c1C(=O)CC1CC1. The molecule has 0 spiro atoms. The summed E-state index contributed by atoms with van der Waals surface area (Å²) in [6, 6.07) is 7.71. The number of nitrogens with zero attached hydrogens (tertiary/aromatic N) is 4. The number of aryl methyl sites for hydroxylation is 1. The minimum absolute atomic E-state index is 0.00749. The van der Waals surface area contributed by atoms with Crippen LogP contribution < -0.4 is 9.47 Å². The second-order valence-electron chi connectivity index (χ2n) is 8.38. The van der Waals surface area contributed by atoms with Crippen molar-refractivity contribution in [2.45, 2.75) is 19.3 Å². The predicted molar refractivity (Wildman–Crippen MR) is 124 cm³/mol. The van der Waals surface area contributed by atoms with Crippen molar-refractivity contribution in [3.8, 4) is 33.9 Å². The van der Waals surface area contributed by atoms with Gasteiger partial charge >= 0.3 is 0 Å². The van der Waals surface area contributed by atoms with Crippen LogP contribution in [-0.2, 0) is 7.05 Å². The highest BCUT2D eigenvalue weighted by molar-refractivity contribution is 6.02. The predicted octanol–water partition coefficient (Wildman–Crippen LogP) is 3.76. The average molecular weight is 447 g/mol. The normalized spacial score (nSPS) is 13.4. The summed E-state index contributed by atoms with van der Waals surface area (Å²) in [5.74, 6) is 1.34. The number of imidazole rings is 1. The maximum atomic E-state index is 13.0. The molecule has 8 heteroatoms. The van der Waals surface area contributed by atoms with Crippen molar-refractivity contribution >= 4 is 11.4 Å². The fourth-order valence-electron chi connectivity index (χ4n) is 4.07. The fourth-order valence-corrected chi connectivity index (χ4v) is 4.07. The molecule has 0 atom stereocenters. The molecule has 1 aliphatic carbocycles. The summed E-state index contributed by atoms with van der Waals surface area (Å²) in [4.78, 5) is 17.6. The van der Waals surface area contributed by atoms with E-state index in [9.17, 15) is 9.90 Å². The summed E-state index contributed by atoms with van der Waals surface area (Å²) in [5, 5.41) is 13.5. The number of carbonyl (C=O) groups excluding carboxylic acids is 1. The highest BCUT2D eigenvalue weighted by Gasteiger charge is 2.29. The van der Waals surface area contributed by atoms with Crippen LogP contribution in [-0.4, -0.2) is 50.4 Å². The van der Waals surface area contributed by atoms with E-state index in [4.69, 9.17) is 9.47 Å². The number of carbonyl (C=O) groups is 1. The Morgan fingerprint density at radius 2 is 1.97 bits per heavy atom. The van der Waals surface area contributed by atoms with E-state index in [0.717, 1.165) is 40.9 Å². The van der Waals surface area contributed by atoms with Crippen molar-refractivity contribution in [2.24, 2.45) is 13.0 Å². The third-order valence-electron chi connectivity index (χ3n) is 5.93. The standard InChI is InChI=1S/C25H26N4O4/c1-28-15-19(13-27-28)17-5-6-29-20(14-26-24(29)12-17)18-10-22(32-2)25(21(31)9-16-3-4-16)23(11-18)33-8-7-30/h5-6,10-16,30H,3-4,7-9H2,1-2H3. The zero-order valence-corrected chi connectivity index (χ0v) is 18.7. The third kappa shape index (κ3) is 4.21. The molecule has 3 aromatic heterocycles. The first-order valence-electron chi connectivity index (χ1n) is 11.0. The Hall–Kier alpha value is -3.65. The van der Waals surface area contributed by atoms with Crippen molar-refractivity contribution < 1.29 is 19.4 Å². The highest BCUT2D eigenvalue weighted by Crippen LogP contribution is 2.40. The van der Waals surface area contributed by atoms with E-state index in [-0.39, 0.29) is 19.0 Å². The first-order chi connectivity index (χ1) is 16.1. The molecule has 0 saturated heterocycles. The summed E-state index contributed by atoms with van der Waals surface area (Å²) in [6.07, 6.45) is 10.2. The smallest absolute Gasteiger partial charge is 0.170 e. The van der Waals surface area contributed by atoms with Gasteiger partial charge < -0.3 is 14.6 Å². The second-order valence-corrected chi connectivity index (χ2v) is 8.38. The molecule has 0 radical (unpaired) electrons. The Kier molecular flexibility index (Phi) is 5.60. The lowest BCUT2D eigenvalue weighted by Crippen LogP contribution is -2.10. The number of fused-ring (bicyclic) bond motifs is 1. The van der Waals surface area contributed by atoms with Gasteiger partial charge in [0.1, 0.15) is 29.3 Å². The number of pyridine rings is 1. The Morgan fingerprint density at radius 1 is 1.15 bits per heavy atom. The largest absolute Gasteiger partial charge is 0.496 e. The minimum Gasteiger partial charge on any atom is -0.496 e. The molecule has 1 N–H and O–H groups in total. The van der Waals surface area contributed by atoms with Crippen LogP contribution in [0.3, 0.4) is 0 Å². The maximum Gasteiger partial charge on any atom is 0.170 e. The van der Waals surface area contributed by atoms with Gasteiger partial charge in [0.2, 0.25) is 0 Å². The van der Waals surface area contributed by atoms with Gasteiger partial charge in [-0.2, -0.15) is 5.10 Å². The number of hydrogen-bond acceptors (Lipinski definition) is 6. The van der Waals surface area contributed by atoms with Gasteiger partial charge in [-0.05, 0) is 48.6 Å². The van der Waals surface area contributed by atoms with E-state index in [1.165, 1.54) is 0 Å². The molecular weight excluding hydrogens is 420 g/mol. The number of aliphatic hydroxyl groups excluding tert-OH is 1. The Balaban J connectivity index is 1.57. The van der Waals surface area contributed by atoms with Crippen molar-refractivity contribution in [3.05, 3.63) is 54.6 Å². The summed E-state index contributed by atoms with van der Waals surface area (Å²) in [6.45, 7) is -0.0481. The molecule has 33 heavy (non-hydrogen) atoms. The molecule has 1 saturated carbocycles. The first kappa shape index (κ1) is 21.2. The van der Waals surface area contributed by atoms with E-state index >= 15 is 0 Å². The van der Waals surface area contributed by atoms with E-state index < -0.39 is 0 Å². The van der Waals surface area contributed by atoms with Gasteiger partial charge in [-0.25, -0.2) is 4.98 Å². The Labute approximate surface area is 191 Å². The number of ether oxygens (including phenoxy) is 2. The highest BCUT2D eigenvalue weighted by atomic mass is 16.5. The topological polar surface area (TPSA) is 90.9 Å². The van der Waals surface area contributed by atoms with Gasteiger partial charge in [-0.15, -0.1) is 0 Å². The van der Waals surface area contributed by atoms with Crippen molar-refractivity contribution in [1.29, 1.82) is 0 Å². The first-order valence-corrected chi connectivity index (χ1v) is 11.0. The van der Waals surface area contributed by atoms with Crippen molar-refractivity contribution in [1.82, 2.24) is 19.2 Å². The number of benzene rings is 1. The van der Waals surface area contributed by atoms with Crippen LogP contribution in [0.5, 0.6) is 11.5 Å². The van der Waals surface area contributed by atoms with Crippen LogP contribution >= 0.6 is 0 Å². The van der Waals surface area contributed by atoms with Crippen molar-refractivity contribution in [2.75, 3.05) is 20.3 Å². The minimum atomic E-state index is -0.143. The second kappa shape index (κ2) is 8.71. The van der Waals surface area contributed by atoms with Gasteiger partial charge in [0.25, 0.3) is 0 Å². The molecule has 1 aromatic carbocycles. The summed E-state index contributed by atoms with van der Waals surface area (Å²) < 4.78 is 15.2. The van der Waals surface area contributed by atoms with E-state index in [0.29, 0.717) is 29.4 Å². The van der Waals surface area contributed by atoms with Gasteiger partial charge in [0, 0.05) is 37.0 Å². The van der Waals surface area contributed by atoms with Crippen LogP contribution in [0.4, 0.5) is 0 Å². The van der Waals surface area contributed by atoms with Crippen LogP contribution in [0.25, 0.3) is 28.0 Å². The molecule has 0 unspecified atom stereocenters. The monoisotopic (exact) mass is 446 g/mol. The quantitative estimate of drug-likeness (QED) is 0.394. The molecule has 8 nitrogen and oxygen atoms in total. The molecular formula is C25H26N4O4. The number of hydrogen-bond donors (Lipinski definition) is 1. The van der Waals surface area contributed by atoms with Crippen LogP contribution in [0.15, 0.2) is 49.1 Å². The lowest BCUT2D eigenvalue weighted by molar-refractivity contribution is 0.0967. The van der Waals surface area contributed by atoms with Crippen molar-refractivity contribution in [3.63, 3.8) is 0 Å². The van der Waals surface area contributed by atoms with Gasteiger partial charge in [-0.1, -0.05) is 0 Å².